The van der Waals surface area contributed by atoms with Crippen LogP contribution >= 0.6 is 28.1 Å². The molecule has 1 aromatic rings. The van der Waals surface area contributed by atoms with Crippen LogP contribution in [0.25, 0.3) is 0 Å². The molecule has 0 aromatic heterocycles. The van der Waals surface area contributed by atoms with E-state index >= 15 is 0 Å². The Morgan fingerprint density at radius 3 is 2.11 bits per heavy atom. The number of thiocarbonyl (C=S) groups is 1. The number of unbranched alkanes of at least 4 members (excludes halogenated alkanes) is 2. The third-order valence-electron chi connectivity index (χ3n) is 2.95. The van der Waals surface area contributed by atoms with Crippen molar-refractivity contribution in [2.24, 2.45) is 0 Å². The van der Waals surface area contributed by atoms with Gasteiger partial charge in [-0.15, -0.1) is 0 Å². The number of benzene rings is 1. The van der Waals surface area contributed by atoms with Gasteiger partial charge in [-0.05, 0) is 49.3 Å². The van der Waals surface area contributed by atoms with Crippen molar-refractivity contribution < 1.29 is 0 Å². The first-order chi connectivity index (χ1) is 9.17. The number of rotatable bonds is 7. The lowest BCUT2D eigenvalue weighted by atomic mass is 10.2. The van der Waals surface area contributed by atoms with E-state index in [0.29, 0.717) is 0 Å². The molecule has 0 fully saturated rings. The molecule has 19 heavy (non-hydrogen) atoms. The average Bonchev–Trinajstić information content (AvgIpc) is 2.41. The maximum Gasteiger partial charge on any atom is 0.173 e. The zero-order valence-electron chi connectivity index (χ0n) is 11.8. The predicted molar refractivity (Wildman–Crippen MR) is 91.8 cm³/mol. The molecule has 0 saturated carbocycles. The Morgan fingerprint density at radius 1 is 1.11 bits per heavy atom. The van der Waals surface area contributed by atoms with Crippen molar-refractivity contribution in [3.63, 3.8) is 0 Å². The number of nitrogens with zero attached hydrogens (tertiary/aromatic N) is 1. The topological polar surface area (TPSA) is 15.3 Å². The Morgan fingerprint density at radius 2 is 1.63 bits per heavy atom. The summed E-state index contributed by atoms with van der Waals surface area (Å²) >= 11 is 8.96. The first-order valence-corrected chi connectivity index (χ1v) is 8.19. The van der Waals surface area contributed by atoms with E-state index in [1.807, 2.05) is 24.3 Å². The SMILES string of the molecule is CCCCN(CCCC)C(=S)Nc1ccc(Br)cc1. The lowest BCUT2D eigenvalue weighted by Gasteiger charge is -2.25. The van der Waals surface area contributed by atoms with Gasteiger partial charge in [-0.2, -0.15) is 0 Å². The van der Waals surface area contributed by atoms with Crippen molar-refractivity contribution in [2.45, 2.75) is 39.5 Å². The third-order valence-corrected chi connectivity index (χ3v) is 3.83. The molecule has 0 aliphatic rings. The molecule has 4 heteroatoms. The van der Waals surface area contributed by atoms with Crippen molar-refractivity contribution in [1.82, 2.24) is 4.90 Å². The molecule has 0 unspecified atom stereocenters. The zero-order chi connectivity index (χ0) is 14.1. The van der Waals surface area contributed by atoms with Crippen LogP contribution in [0.5, 0.6) is 0 Å². The molecule has 0 amide bonds. The molecular formula is C15H23BrN2S. The number of anilines is 1. The quantitative estimate of drug-likeness (QED) is 0.698. The van der Waals surface area contributed by atoms with Crippen LogP contribution in [0.15, 0.2) is 28.7 Å². The standard InChI is InChI=1S/C15H23BrN2S/c1-3-5-11-18(12-6-4-2)15(19)17-14-9-7-13(16)8-10-14/h7-10H,3-6,11-12H2,1-2H3,(H,17,19). The van der Waals surface area contributed by atoms with Crippen LogP contribution in [-0.2, 0) is 0 Å². The van der Waals surface area contributed by atoms with Crippen molar-refractivity contribution in [2.75, 3.05) is 18.4 Å². The van der Waals surface area contributed by atoms with E-state index in [1.54, 1.807) is 0 Å². The molecule has 1 aromatic carbocycles. The first-order valence-electron chi connectivity index (χ1n) is 6.98. The van der Waals surface area contributed by atoms with Gasteiger partial charge in [0.25, 0.3) is 0 Å². The number of hydrogen-bond acceptors (Lipinski definition) is 1. The summed E-state index contributed by atoms with van der Waals surface area (Å²) < 4.78 is 1.08. The van der Waals surface area contributed by atoms with Crippen molar-refractivity contribution >= 4 is 38.9 Å². The Hall–Kier alpha value is -0.610. The van der Waals surface area contributed by atoms with Gasteiger partial charge in [0.2, 0.25) is 0 Å². The van der Waals surface area contributed by atoms with Gasteiger partial charge in [-0.25, -0.2) is 0 Å². The Kier molecular flexibility index (Phi) is 8.07. The van der Waals surface area contributed by atoms with Gasteiger partial charge in [-0.3, -0.25) is 0 Å². The fourth-order valence-corrected chi connectivity index (χ4v) is 2.31. The first kappa shape index (κ1) is 16.4. The van der Waals surface area contributed by atoms with E-state index in [-0.39, 0.29) is 0 Å². The summed E-state index contributed by atoms with van der Waals surface area (Å²) in [6.45, 7) is 6.50. The summed E-state index contributed by atoms with van der Waals surface area (Å²) in [6, 6.07) is 8.11. The van der Waals surface area contributed by atoms with E-state index in [0.717, 1.165) is 28.4 Å². The van der Waals surface area contributed by atoms with E-state index in [1.165, 1.54) is 25.7 Å². The minimum Gasteiger partial charge on any atom is -0.349 e. The monoisotopic (exact) mass is 342 g/mol. The fourth-order valence-electron chi connectivity index (χ4n) is 1.75. The maximum absolute atomic E-state index is 5.52. The summed E-state index contributed by atoms with van der Waals surface area (Å²) in [6.07, 6.45) is 4.77. The molecular weight excluding hydrogens is 320 g/mol. The largest absolute Gasteiger partial charge is 0.349 e. The van der Waals surface area contributed by atoms with Gasteiger partial charge >= 0.3 is 0 Å². The van der Waals surface area contributed by atoms with Gasteiger partial charge in [0.15, 0.2) is 5.11 Å². The van der Waals surface area contributed by atoms with Crippen LogP contribution in [0, 0.1) is 0 Å². The van der Waals surface area contributed by atoms with Gasteiger partial charge in [0, 0.05) is 23.2 Å². The van der Waals surface area contributed by atoms with E-state index in [9.17, 15) is 0 Å². The number of nitrogens with one attached hydrogen (secondary N) is 1. The van der Waals surface area contributed by atoms with Crippen LogP contribution in [0.3, 0.4) is 0 Å². The molecule has 0 atom stereocenters. The summed E-state index contributed by atoms with van der Waals surface area (Å²) in [5.74, 6) is 0. The van der Waals surface area contributed by atoms with Crippen LogP contribution in [0.1, 0.15) is 39.5 Å². The fraction of sp³-hybridized carbons (Fsp3) is 0.533. The predicted octanol–water partition coefficient (Wildman–Crippen LogP) is 5.05. The van der Waals surface area contributed by atoms with Gasteiger partial charge in [0.05, 0.1) is 0 Å². The normalized spacial score (nSPS) is 10.3. The molecule has 0 aliphatic heterocycles. The minimum atomic E-state index is 0.837. The molecule has 0 saturated heterocycles. The number of halogens is 1. The highest BCUT2D eigenvalue weighted by Crippen LogP contribution is 2.15. The summed E-state index contributed by atoms with van der Waals surface area (Å²) in [4.78, 5) is 2.28. The van der Waals surface area contributed by atoms with Gasteiger partial charge in [-0.1, -0.05) is 42.6 Å². The minimum absolute atomic E-state index is 0.837. The van der Waals surface area contributed by atoms with Gasteiger partial charge < -0.3 is 10.2 Å². The van der Waals surface area contributed by atoms with E-state index in [2.05, 4.69) is 40.0 Å². The molecule has 106 valence electrons. The summed E-state index contributed by atoms with van der Waals surface area (Å²) in [5.41, 5.74) is 1.05. The molecule has 1 rings (SSSR count). The van der Waals surface area contributed by atoms with E-state index in [4.69, 9.17) is 12.2 Å². The lowest BCUT2D eigenvalue weighted by Crippen LogP contribution is -2.36. The second-order valence-corrected chi connectivity index (χ2v) is 5.93. The smallest absolute Gasteiger partial charge is 0.173 e. The highest BCUT2D eigenvalue weighted by atomic mass is 79.9. The van der Waals surface area contributed by atoms with Crippen molar-refractivity contribution in [3.8, 4) is 0 Å². The van der Waals surface area contributed by atoms with Gasteiger partial charge in [0.1, 0.15) is 0 Å². The summed E-state index contributed by atoms with van der Waals surface area (Å²) in [5, 5.41) is 4.16. The zero-order valence-corrected chi connectivity index (χ0v) is 14.2. The summed E-state index contributed by atoms with van der Waals surface area (Å²) in [7, 11) is 0. The van der Waals surface area contributed by atoms with Crippen LogP contribution in [-0.4, -0.2) is 23.1 Å². The second-order valence-electron chi connectivity index (χ2n) is 4.63. The highest BCUT2D eigenvalue weighted by molar-refractivity contribution is 9.10. The molecule has 1 N–H and O–H groups in total. The Bertz CT molecular complexity index is 370. The van der Waals surface area contributed by atoms with Crippen LogP contribution in [0.4, 0.5) is 5.69 Å². The maximum atomic E-state index is 5.52. The van der Waals surface area contributed by atoms with Crippen molar-refractivity contribution in [3.05, 3.63) is 28.7 Å². The third kappa shape index (κ3) is 6.39. The Balaban J connectivity index is 2.56. The molecule has 0 bridgehead atoms. The highest BCUT2D eigenvalue weighted by Gasteiger charge is 2.08. The lowest BCUT2D eigenvalue weighted by molar-refractivity contribution is 0.403. The van der Waals surface area contributed by atoms with E-state index < -0.39 is 0 Å². The Labute approximate surface area is 130 Å². The van der Waals surface area contributed by atoms with Crippen LogP contribution < -0.4 is 5.32 Å². The molecule has 0 radical (unpaired) electrons. The molecule has 2 nitrogen and oxygen atoms in total. The number of hydrogen-bond donors (Lipinski definition) is 1. The molecule has 0 aliphatic carbocycles. The molecule has 0 heterocycles. The molecule has 0 spiro atoms. The second kappa shape index (κ2) is 9.32. The van der Waals surface area contributed by atoms with Crippen LogP contribution in [0.2, 0.25) is 0 Å². The average molecular weight is 343 g/mol. The van der Waals surface area contributed by atoms with Crippen molar-refractivity contribution in [1.29, 1.82) is 0 Å².